The third-order valence-electron chi connectivity index (χ3n) is 5.04. The Morgan fingerprint density at radius 1 is 1.38 bits per heavy atom. The Morgan fingerprint density at radius 3 is 2.88 bits per heavy atom. The molecular weight excluding hydrogens is 519 g/mol. The van der Waals surface area contributed by atoms with Crippen LogP contribution in [0.3, 0.4) is 0 Å². The lowest BCUT2D eigenvalue weighted by atomic mass is 10.0. The Morgan fingerprint density at radius 2 is 2.21 bits per heavy atom. The highest BCUT2D eigenvalue weighted by Gasteiger charge is 2.54. The van der Waals surface area contributed by atoms with Crippen molar-refractivity contribution in [3.05, 3.63) is 40.1 Å². The summed E-state index contributed by atoms with van der Waals surface area (Å²) in [6, 6.07) is 2.75. The normalized spacial score (nSPS) is 20.2. The molecule has 2 aliphatic rings. The lowest BCUT2D eigenvalue weighted by Crippen LogP contribution is -2.70. The van der Waals surface area contributed by atoms with Crippen molar-refractivity contribution in [2.24, 2.45) is 5.16 Å². The van der Waals surface area contributed by atoms with Gasteiger partial charge in [-0.05, 0) is 12.1 Å². The van der Waals surface area contributed by atoms with Gasteiger partial charge in [-0.2, -0.15) is 0 Å². The van der Waals surface area contributed by atoms with E-state index in [2.05, 4.69) is 38.1 Å². The molecule has 1 unspecified atom stereocenters. The summed E-state index contributed by atoms with van der Waals surface area (Å²) in [6.07, 6.45) is 1.67. The Kier molecular flexibility index (Phi) is 6.01. The molecular formula is C19H15N7O4S4. The number of rotatable bonds is 6. The number of nitrogens with one attached hydrogen (secondary N) is 1. The van der Waals surface area contributed by atoms with Gasteiger partial charge in [0.1, 0.15) is 45.3 Å². The summed E-state index contributed by atoms with van der Waals surface area (Å²) < 4.78 is 0. The van der Waals surface area contributed by atoms with Gasteiger partial charge >= 0.3 is 0 Å². The molecule has 5 heterocycles. The number of nitrogen functional groups attached to an aromatic ring is 1. The van der Waals surface area contributed by atoms with Crippen LogP contribution in [-0.2, 0) is 19.2 Å². The molecule has 0 aliphatic carbocycles. The molecule has 3 aromatic rings. The SMILES string of the molecule is CO/N=C(\C(=O)NC1C(=O)N2C(C(=O)S)=C(c3nc4cccnc4s3)CS[C@H]12)c1csc(N)n1. The highest BCUT2D eigenvalue weighted by atomic mass is 32.2. The zero-order valence-corrected chi connectivity index (χ0v) is 20.6. The summed E-state index contributed by atoms with van der Waals surface area (Å²) in [7, 11) is 1.30. The maximum absolute atomic E-state index is 13.1. The minimum Gasteiger partial charge on any atom is -0.398 e. The van der Waals surface area contributed by atoms with Crippen molar-refractivity contribution in [1.29, 1.82) is 0 Å². The summed E-state index contributed by atoms with van der Waals surface area (Å²) in [4.78, 5) is 58.2. The number of thioether (sulfide) groups is 1. The van der Waals surface area contributed by atoms with E-state index in [4.69, 9.17) is 10.6 Å². The van der Waals surface area contributed by atoms with Crippen LogP contribution in [0.25, 0.3) is 15.9 Å². The minimum atomic E-state index is -0.864. The molecule has 11 nitrogen and oxygen atoms in total. The highest BCUT2D eigenvalue weighted by molar-refractivity contribution is 8.00. The molecule has 0 aromatic carbocycles. The number of hydrogen-bond acceptors (Lipinski definition) is 12. The zero-order chi connectivity index (χ0) is 24.0. The van der Waals surface area contributed by atoms with Crippen LogP contribution < -0.4 is 11.1 Å². The van der Waals surface area contributed by atoms with Crippen molar-refractivity contribution in [3.63, 3.8) is 0 Å². The topological polar surface area (TPSA) is 153 Å². The fourth-order valence-corrected chi connectivity index (χ4v) is 6.76. The predicted octanol–water partition coefficient (Wildman–Crippen LogP) is 1.35. The number of thiol groups is 1. The molecule has 0 radical (unpaired) electrons. The van der Waals surface area contributed by atoms with Crippen LogP contribution in [0.15, 0.2) is 34.6 Å². The number of hydrogen-bond donors (Lipinski definition) is 3. The number of carbonyl (C=O) groups excluding carboxylic acids is 3. The number of β-lactam (4-membered cyclic amide) rings is 1. The molecule has 2 aliphatic heterocycles. The van der Waals surface area contributed by atoms with E-state index in [9.17, 15) is 14.4 Å². The van der Waals surface area contributed by atoms with Gasteiger partial charge in [0, 0.05) is 22.9 Å². The number of thiazole rings is 2. The predicted molar refractivity (Wildman–Crippen MR) is 133 cm³/mol. The minimum absolute atomic E-state index is 0.105. The van der Waals surface area contributed by atoms with E-state index in [1.165, 1.54) is 35.1 Å². The standard InChI is InChI=1S/C19H15N7O4S4/c1-30-25-10(9-6-33-19(20)23-9)13(27)24-11-16(28)26-12(18(29)31)7(5-32-17(11)26)14-22-8-3-2-4-21-15(8)34-14/h2-4,6,11,17H,5H2,1H3,(H2,20,23)(H,24,27)(H,29,31)/b25-10-/t11?,17-/m1/s1. The number of pyridine rings is 1. The molecule has 5 rings (SSSR count). The molecule has 0 saturated carbocycles. The van der Waals surface area contributed by atoms with Crippen LogP contribution >= 0.6 is 47.1 Å². The molecule has 0 spiro atoms. The number of amides is 2. The Labute approximate surface area is 209 Å². The van der Waals surface area contributed by atoms with Crippen LogP contribution in [0, 0.1) is 0 Å². The lowest BCUT2D eigenvalue weighted by molar-refractivity contribution is -0.145. The van der Waals surface area contributed by atoms with Crippen LogP contribution in [0.1, 0.15) is 10.7 Å². The average Bonchev–Trinajstić information content (AvgIpc) is 3.45. The smallest absolute Gasteiger partial charge is 0.276 e. The van der Waals surface area contributed by atoms with Gasteiger partial charge in [-0.3, -0.25) is 19.3 Å². The number of aromatic nitrogens is 3. The third-order valence-corrected chi connectivity index (χ3v) is 8.25. The van der Waals surface area contributed by atoms with Crippen molar-refractivity contribution < 1.29 is 19.2 Å². The molecule has 0 bridgehead atoms. The van der Waals surface area contributed by atoms with Crippen molar-refractivity contribution in [1.82, 2.24) is 25.2 Å². The largest absolute Gasteiger partial charge is 0.398 e. The van der Waals surface area contributed by atoms with Gasteiger partial charge in [0.15, 0.2) is 10.8 Å². The van der Waals surface area contributed by atoms with E-state index in [0.717, 1.165) is 16.2 Å². The number of fused-ring (bicyclic) bond motifs is 2. The van der Waals surface area contributed by atoms with Crippen LogP contribution in [-0.4, -0.2) is 66.8 Å². The maximum Gasteiger partial charge on any atom is 0.276 e. The van der Waals surface area contributed by atoms with E-state index < -0.39 is 28.3 Å². The Balaban J connectivity index is 1.41. The van der Waals surface area contributed by atoms with E-state index >= 15 is 0 Å². The second-order valence-electron chi connectivity index (χ2n) is 7.03. The maximum atomic E-state index is 13.1. The first kappa shape index (κ1) is 22.8. The fraction of sp³-hybridized carbons (Fsp3) is 0.211. The van der Waals surface area contributed by atoms with Crippen molar-refractivity contribution in [2.75, 3.05) is 18.6 Å². The quantitative estimate of drug-likeness (QED) is 0.184. The molecule has 2 atom stereocenters. The number of anilines is 1. The second-order valence-corrected chi connectivity index (χ2v) is 10.4. The van der Waals surface area contributed by atoms with Gasteiger partial charge in [0.2, 0.25) is 5.12 Å². The number of nitrogens with zero attached hydrogens (tertiary/aromatic N) is 5. The highest BCUT2D eigenvalue weighted by Crippen LogP contribution is 2.44. The summed E-state index contributed by atoms with van der Waals surface area (Å²) in [5.74, 6) is -0.671. The lowest BCUT2D eigenvalue weighted by Gasteiger charge is -2.49. The molecule has 174 valence electrons. The van der Waals surface area contributed by atoms with Crippen molar-refractivity contribution >= 4 is 90.8 Å². The fourth-order valence-electron chi connectivity index (χ4n) is 3.58. The molecule has 1 saturated heterocycles. The van der Waals surface area contributed by atoms with Gasteiger partial charge < -0.3 is 15.9 Å². The van der Waals surface area contributed by atoms with Gasteiger partial charge in [0.25, 0.3) is 11.8 Å². The second kappa shape index (κ2) is 8.98. The van der Waals surface area contributed by atoms with E-state index in [1.807, 2.05) is 6.07 Å². The average molecular weight is 534 g/mol. The number of oxime groups is 1. The molecule has 1 fully saturated rings. The van der Waals surface area contributed by atoms with Gasteiger partial charge in [0.05, 0.1) is 0 Å². The first-order valence-electron chi connectivity index (χ1n) is 9.65. The summed E-state index contributed by atoms with van der Waals surface area (Å²) in [5, 5.41) is 7.81. The van der Waals surface area contributed by atoms with Crippen LogP contribution in [0.5, 0.6) is 0 Å². The molecule has 3 N–H and O–H groups in total. The van der Waals surface area contributed by atoms with Gasteiger partial charge in [-0.15, -0.1) is 23.1 Å². The van der Waals surface area contributed by atoms with E-state index in [-0.39, 0.29) is 22.2 Å². The summed E-state index contributed by atoms with van der Waals surface area (Å²) >= 11 is 7.92. The Bertz CT molecular complexity index is 1360. The van der Waals surface area contributed by atoms with Crippen molar-refractivity contribution in [2.45, 2.75) is 11.4 Å². The molecule has 34 heavy (non-hydrogen) atoms. The Hall–Kier alpha value is -3.01. The van der Waals surface area contributed by atoms with E-state index in [0.29, 0.717) is 21.9 Å². The van der Waals surface area contributed by atoms with Gasteiger partial charge in [-0.25, -0.2) is 15.0 Å². The molecule has 2 amide bonds. The first-order valence-corrected chi connectivity index (χ1v) is 12.8. The van der Waals surface area contributed by atoms with Crippen LogP contribution in [0.2, 0.25) is 0 Å². The summed E-state index contributed by atoms with van der Waals surface area (Å²) in [5.41, 5.74) is 7.27. The zero-order valence-electron chi connectivity index (χ0n) is 17.3. The van der Waals surface area contributed by atoms with E-state index in [1.54, 1.807) is 17.6 Å². The molecule has 15 heteroatoms. The number of nitrogens with two attached hydrogens (primary N) is 1. The summed E-state index contributed by atoms with van der Waals surface area (Å²) in [6.45, 7) is 0. The number of carbonyl (C=O) groups is 3. The third kappa shape index (κ3) is 3.83. The molecule has 3 aromatic heterocycles. The van der Waals surface area contributed by atoms with Crippen LogP contribution in [0.4, 0.5) is 5.13 Å². The van der Waals surface area contributed by atoms with Gasteiger partial charge in [-0.1, -0.05) is 29.1 Å². The van der Waals surface area contributed by atoms with Crippen molar-refractivity contribution in [3.8, 4) is 0 Å². The monoisotopic (exact) mass is 533 g/mol. The first-order chi connectivity index (χ1) is 16.4.